The van der Waals surface area contributed by atoms with Crippen LogP contribution in [-0.4, -0.2) is 55.0 Å². The van der Waals surface area contributed by atoms with Crippen molar-refractivity contribution >= 4 is 5.78 Å². The summed E-state index contributed by atoms with van der Waals surface area (Å²) in [4.78, 5) is 16.5. The highest BCUT2D eigenvalue weighted by Gasteiger charge is 2.26. The molecule has 1 heterocycles. The third kappa shape index (κ3) is 13.2. The smallest absolute Gasteiger partial charge is 0.152 e. The number of Topliss-reactive ketones (excluding diaryl/α,β-unsaturated/α-hetero) is 1. The van der Waals surface area contributed by atoms with Crippen molar-refractivity contribution in [2.24, 2.45) is 17.1 Å². The Kier molecular flexibility index (Phi) is 14.1. The van der Waals surface area contributed by atoms with Gasteiger partial charge in [-0.05, 0) is 18.9 Å². The predicted molar refractivity (Wildman–Crippen MR) is 98.0 cm³/mol. The van der Waals surface area contributed by atoms with Gasteiger partial charge in [0.05, 0.1) is 13.2 Å². The summed E-state index contributed by atoms with van der Waals surface area (Å²) < 4.78 is 0. The van der Waals surface area contributed by atoms with Crippen LogP contribution in [-0.2, 0) is 4.79 Å². The second-order valence-corrected chi connectivity index (χ2v) is 7.36. The van der Waals surface area contributed by atoms with E-state index in [-0.39, 0.29) is 5.41 Å². The van der Waals surface area contributed by atoms with Gasteiger partial charge in [0.1, 0.15) is 0 Å². The lowest BCUT2D eigenvalue weighted by Crippen LogP contribution is -2.35. The third-order valence-electron chi connectivity index (χ3n) is 3.01. The summed E-state index contributed by atoms with van der Waals surface area (Å²) in [6.07, 6.45) is 1.04. The first kappa shape index (κ1) is 23.8. The van der Waals surface area contributed by atoms with Crippen LogP contribution in [0.1, 0.15) is 61.8 Å². The first-order valence-electron chi connectivity index (χ1n) is 8.85. The molecular formula is C18H41N3O. The van der Waals surface area contributed by atoms with Gasteiger partial charge in [-0.3, -0.25) is 14.6 Å². The molecular weight excluding hydrogens is 274 g/mol. The molecule has 0 unspecified atom stereocenters. The van der Waals surface area contributed by atoms with E-state index in [1.807, 2.05) is 34.6 Å². The molecule has 0 aromatic carbocycles. The normalized spacial score (nSPS) is 15.9. The van der Waals surface area contributed by atoms with Crippen LogP contribution in [0.4, 0.5) is 0 Å². The summed E-state index contributed by atoms with van der Waals surface area (Å²) in [5.74, 6) is 1.16. The maximum Gasteiger partial charge on any atom is 0.152 e. The second-order valence-electron chi connectivity index (χ2n) is 7.36. The zero-order chi connectivity index (χ0) is 17.8. The number of carbonyl (C=O) groups is 1. The molecule has 0 amide bonds. The van der Waals surface area contributed by atoms with Gasteiger partial charge in [0.2, 0.25) is 0 Å². The van der Waals surface area contributed by atoms with Crippen LogP contribution in [0.15, 0.2) is 0 Å². The topological polar surface area (TPSA) is 49.6 Å². The lowest BCUT2D eigenvalue weighted by atomic mass is 9.90. The van der Waals surface area contributed by atoms with Gasteiger partial charge < -0.3 is 5.73 Å². The first-order valence-corrected chi connectivity index (χ1v) is 8.85. The van der Waals surface area contributed by atoms with Crippen molar-refractivity contribution in [3.63, 3.8) is 0 Å². The molecule has 0 saturated carbocycles. The molecule has 0 bridgehead atoms. The summed E-state index contributed by atoms with van der Waals surface area (Å²) in [6.45, 7) is 21.8. The van der Waals surface area contributed by atoms with Gasteiger partial charge in [-0.25, -0.2) is 0 Å². The van der Waals surface area contributed by atoms with Crippen LogP contribution in [0.2, 0.25) is 0 Å². The van der Waals surface area contributed by atoms with Crippen LogP contribution < -0.4 is 5.73 Å². The van der Waals surface area contributed by atoms with Crippen LogP contribution in [0.5, 0.6) is 0 Å². The number of nitrogens with two attached hydrogens (primary N) is 1. The monoisotopic (exact) mass is 315 g/mol. The summed E-state index contributed by atoms with van der Waals surface area (Å²) in [6, 6.07) is 0. The summed E-state index contributed by atoms with van der Waals surface area (Å²) in [7, 11) is 0. The van der Waals surface area contributed by atoms with E-state index in [9.17, 15) is 4.79 Å². The molecule has 0 radical (unpaired) electrons. The highest BCUT2D eigenvalue weighted by Crippen LogP contribution is 2.16. The van der Waals surface area contributed by atoms with Crippen molar-refractivity contribution in [2.75, 3.05) is 39.4 Å². The van der Waals surface area contributed by atoms with Gasteiger partial charge in [0.25, 0.3) is 0 Å². The fourth-order valence-electron chi connectivity index (χ4n) is 1.77. The molecule has 1 saturated heterocycles. The van der Waals surface area contributed by atoms with Gasteiger partial charge in [-0.1, -0.05) is 55.4 Å². The second kappa shape index (κ2) is 13.0. The van der Waals surface area contributed by atoms with Gasteiger partial charge in [0, 0.05) is 25.0 Å². The van der Waals surface area contributed by atoms with E-state index < -0.39 is 0 Å². The average Bonchev–Trinajstić information content (AvgIpc) is 2.84. The molecule has 4 nitrogen and oxygen atoms in total. The van der Waals surface area contributed by atoms with E-state index in [0.717, 1.165) is 45.2 Å². The molecule has 4 heteroatoms. The largest absolute Gasteiger partial charge is 0.330 e. The van der Waals surface area contributed by atoms with E-state index in [4.69, 9.17) is 5.73 Å². The Bertz CT molecular complexity index is 269. The summed E-state index contributed by atoms with van der Waals surface area (Å²) >= 11 is 0. The lowest BCUT2D eigenvalue weighted by Gasteiger charge is -2.22. The first-order chi connectivity index (χ1) is 10.2. The van der Waals surface area contributed by atoms with Crippen molar-refractivity contribution < 1.29 is 4.79 Å². The van der Waals surface area contributed by atoms with Gasteiger partial charge in [0.15, 0.2) is 5.78 Å². The van der Waals surface area contributed by atoms with Crippen molar-refractivity contribution in [3.8, 4) is 0 Å². The Morgan fingerprint density at radius 1 is 1.09 bits per heavy atom. The zero-order valence-corrected chi connectivity index (χ0v) is 16.4. The van der Waals surface area contributed by atoms with Gasteiger partial charge in [-0.2, -0.15) is 0 Å². The molecule has 0 aromatic heterocycles. The van der Waals surface area contributed by atoms with E-state index in [1.165, 1.54) is 0 Å². The quantitative estimate of drug-likeness (QED) is 0.846. The van der Waals surface area contributed by atoms with Crippen LogP contribution in [0.3, 0.4) is 0 Å². The molecule has 22 heavy (non-hydrogen) atoms. The Morgan fingerprint density at radius 2 is 1.55 bits per heavy atom. The Balaban J connectivity index is 0. The van der Waals surface area contributed by atoms with Crippen LogP contribution >= 0.6 is 0 Å². The highest BCUT2D eigenvalue weighted by molar-refractivity contribution is 5.85. The molecule has 134 valence electrons. The molecule has 1 aliphatic heterocycles. The molecule has 1 rings (SSSR count). The summed E-state index contributed by atoms with van der Waals surface area (Å²) in [5, 5.41) is 0. The number of carbonyl (C=O) groups excluding carboxylic acids is 1. The molecule has 2 N–H and O–H groups in total. The fourth-order valence-corrected chi connectivity index (χ4v) is 1.77. The number of rotatable bonds is 5. The number of hydrogen-bond acceptors (Lipinski definition) is 4. The van der Waals surface area contributed by atoms with E-state index in [2.05, 4.69) is 30.6 Å². The number of ketones is 1. The Labute approximate surface area is 139 Å². The summed E-state index contributed by atoms with van der Waals surface area (Å²) in [5.41, 5.74) is 5.27. The van der Waals surface area contributed by atoms with Crippen molar-refractivity contribution in [3.05, 3.63) is 0 Å². The van der Waals surface area contributed by atoms with E-state index in [0.29, 0.717) is 12.3 Å². The van der Waals surface area contributed by atoms with Gasteiger partial charge in [-0.15, -0.1) is 0 Å². The minimum Gasteiger partial charge on any atom is -0.330 e. The minimum atomic E-state index is -0.218. The zero-order valence-electron chi connectivity index (χ0n) is 16.4. The van der Waals surface area contributed by atoms with Crippen molar-refractivity contribution in [1.29, 1.82) is 0 Å². The third-order valence-corrected chi connectivity index (χ3v) is 3.01. The van der Waals surface area contributed by atoms with Crippen molar-refractivity contribution in [1.82, 2.24) is 9.80 Å². The Hall–Kier alpha value is -0.450. The highest BCUT2D eigenvalue weighted by atomic mass is 16.1. The maximum absolute atomic E-state index is 11.9. The molecule has 0 aromatic rings. The molecule has 0 aliphatic carbocycles. The molecule has 0 atom stereocenters. The van der Waals surface area contributed by atoms with Gasteiger partial charge >= 0.3 is 0 Å². The van der Waals surface area contributed by atoms with Crippen LogP contribution in [0, 0.1) is 11.3 Å². The average molecular weight is 316 g/mol. The Morgan fingerprint density at radius 3 is 1.95 bits per heavy atom. The maximum atomic E-state index is 11.9. The number of nitrogens with zero attached hydrogens (tertiary/aromatic N) is 2. The minimum absolute atomic E-state index is 0.218. The SMILES string of the molecule is CC.CC(C)(C)C(=O)CN1CCN(CCCN)C1.CC(C)C. The van der Waals surface area contributed by atoms with Crippen molar-refractivity contribution in [2.45, 2.75) is 61.8 Å². The standard InChI is InChI=1S/C12H25N3O.C4H10.C2H6/c1-12(2,3)11(16)9-15-8-7-14(10-15)6-4-5-13;1-4(2)3;1-2/h4-10,13H2,1-3H3;4H,1-3H3;1-2H3. The number of hydrogen-bond donors (Lipinski definition) is 1. The molecule has 1 aliphatic rings. The lowest BCUT2D eigenvalue weighted by molar-refractivity contribution is -0.127. The molecule has 1 fully saturated rings. The van der Waals surface area contributed by atoms with E-state index in [1.54, 1.807) is 0 Å². The molecule has 0 spiro atoms. The van der Waals surface area contributed by atoms with Crippen LogP contribution in [0.25, 0.3) is 0 Å². The fraction of sp³-hybridized carbons (Fsp3) is 0.944. The van der Waals surface area contributed by atoms with E-state index >= 15 is 0 Å². The predicted octanol–water partition coefficient (Wildman–Crippen LogP) is 3.21.